The first-order chi connectivity index (χ1) is 16.2. The lowest BCUT2D eigenvalue weighted by molar-refractivity contribution is -0.0896. The molecule has 0 radical (unpaired) electrons. The molecule has 2 fully saturated rings. The Kier molecular flexibility index (Phi) is 5.49. The molecule has 34 heavy (non-hydrogen) atoms. The molecule has 0 bridgehead atoms. The molecule has 3 atom stereocenters. The summed E-state index contributed by atoms with van der Waals surface area (Å²) < 4.78 is 45.3. The molecule has 0 spiro atoms. The van der Waals surface area contributed by atoms with Gasteiger partial charge in [0.25, 0.3) is 5.91 Å². The summed E-state index contributed by atoms with van der Waals surface area (Å²) in [4.78, 5) is 18.7. The van der Waals surface area contributed by atoms with Crippen molar-refractivity contribution in [3.05, 3.63) is 59.7 Å². The number of likely N-dealkylation sites (tertiary alicyclic amines) is 2. The highest BCUT2D eigenvalue weighted by Crippen LogP contribution is 2.38. The Morgan fingerprint density at radius 1 is 1.21 bits per heavy atom. The molecule has 4 heterocycles. The van der Waals surface area contributed by atoms with Crippen molar-refractivity contribution in [2.75, 3.05) is 26.7 Å². The SMILES string of the molecule is COc1ccc(-n2nccn2)c(C(=O)N2CCC3CN(C4=CC(C(F)(F)F)=CC(C)N4)C3C2)c1. The van der Waals surface area contributed by atoms with Crippen LogP contribution in [0.1, 0.15) is 23.7 Å². The first-order valence-electron chi connectivity index (χ1n) is 11.1. The van der Waals surface area contributed by atoms with Gasteiger partial charge in [0.1, 0.15) is 11.6 Å². The fraction of sp³-hybridized carbons (Fsp3) is 0.435. The zero-order chi connectivity index (χ0) is 24.0. The van der Waals surface area contributed by atoms with Crippen molar-refractivity contribution in [1.82, 2.24) is 30.1 Å². The highest BCUT2D eigenvalue weighted by Gasteiger charge is 2.46. The van der Waals surface area contributed by atoms with Gasteiger partial charge in [-0.05, 0) is 37.6 Å². The summed E-state index contributed by atoms with van der Waals surface area (Å²) in [6.07, 6.45) is 1.81. The highest BCUT2D eigenvalue weighted by molar-refractivity contribution is 5.98. The average molecular weight is 474 g/mol. The van der Waals surface area contributed by atoms with E-state index in [2.05, 4.69) is 15.5 Å². The van der Waals surface area contributed by atoms with E-state index >= 15 is 0 Å². The number of methoxy groups -OCH3 is 1. The molecule has 2 aromatic rings. The Morgan fingerprint density at radius 2 is 1.97 bits per heavy atom. The second kappa shape index (κ2) is 8.37. The van der Waals surface area contributed by atoms with Gasteiger partial charge in [0, 0.05) is 31.6 Å². The molecule has 3 unspecified atom stereocenters. The Bertz CT molecular complexity index is 1140. The third kappa shape index (κ3) is 3.99. The van der Waals surface area contributed by atoms with E-state index in [-0.39, 0.29) is 11.9 Å². The number of piperidine rings is 1. The van der Waals surface area contributed by atoms with E-state index in [0.29, 0.717) is 48.4 Å². The number of alkyl halides is 3. The largest absolute Gasteiger partial charge is 0.497 e. The number of ether oxygens (including phenoxy) is 1. The van der Waals surface area contributed by atoms with Crippen LogP contribution >= 0.6 is 0 Å². The molecule has 11 heteroatoms. The van der Waals surface area contributed by atoms with Crippen molar-refractivity contribution in [3.63, 3.8) is 0 Å². The van der Waals surface area contributed by atoms with Gasteiger partial charge in [-0.15, -0.1) is 0 Å². The highest BCUT2D eigenvalue weighted by atomic mass is 19.4. The number of hydrogen-bond acceptors (Lipinski definition) is 6. The molecule has 0 aliphatic carbocycles. The zero-order valence-corrected chi connectivity index (χ0v) is 18.8. The number of rotatable bonds is 4. The molecular formula is C23H25F3N6O2. The summed E-state index contributed by atoms with van der Waals surface area (Å²) in [7, 11) is 1.53. The van der Waals surface area contributed by atoms with Crippen LogP contribution in [0, 0.1) is 5.92 Å². The monoisotopic (exact) mass is 474 g/mol. The van der Waals surface area contributed by atoms with Crippen molar-refractivity contribution < 1.29 is 22.7 Å². The number of allylic oxidation sites excluding steroid dienone is 2. The predicted octanol–water partition coefficient (Wildman–Crippen LogP) is 2.74. The molecular weight excluding hydrogens is 449 g/mol. The van der Waals surface area contributed by atoms with Crippen LogP contribution in [0.3, 0.4) is 0 Å². The van der Waals surface area contributed by atoms with Gasteiger partial charge >= 0.3 is 6.18 Å². The summed E-state index contributed by atoms with van der Waals surface area (Å²) in [5, 5.41) is 11.4. The van der Waals surface area contributed by atoms with Crippen molar-refractivity contribution in [3.8, 4) is 11.4 Å². The van der Waals surface area contributed by atoms with Gasteiger partial charge in [-0.3, -0.25) is 4.79 Å². The third-order valence-corrected chi connectivity index (χ3v) is 6.64. The topological polar surface area (TPSA) is 75.5 Å². The molecule has 2 saturated heterocycles. The van der Waals surface area contributed by atoms with Gasteiger partial charge in [0.15, 0.2) is 0 Å². The van der Waals surface area contributed by atoms with Crippen LogP contribution in [-0.4, -0.2) is 75.7 Å². The van der Waals surface area contributed by atoms with E-state index in [0.717, 1.165) is 6.42 Å². The minimum absolute atomic E-state index is 0.0480. The van der Waals surface area contributed by atoms with E-state index in [1.54, 1.807) is 30.0 Å². The Balaban J connectivity index is 1.38. The summed E-state index contributed by atoms with van der Waals surface area (Å²) in [6.45, 7) is 3.37. The van der Waals surface area contributed by atoms with E-state index in [1.165, 1.54) is 36.5 Å². The molecule has 1 amide bonds. The lowest BCUT2D eigenvalue weighted by atomic mass is 9.81. The van der Waals surface area contributed by atoms with Crippen LogP contribution in [0.5, 0.6) is 5.75 Å². The number of halogens is 3. The van der Waals surface area contributed by atoms with Crippen LogP contribution in [0.2, 0.25) is 0 Å². The minimum Gasteiger partial charge on any atom is -0.497 e. The van der Waals surface area contributed by atoms with Gasteiger partial charge in [0.2, 0.25) is 0 Å². The molecule has 8 nitrogen and oxygen atoms in total. The van der Waals surface area contributed by atoms with E-state index in [1.807, 2.05) is 4.90 Å². The van der Waals surface area contributed by atoms with Crippen LogP contribution in [0.4, 0.5) is 13.2 Å². The molecule has 5 rings (SSSR count). The average Bonchev–Trinajstić information content (AvgIpc) is 3.33. The van der Waals surface area contributed by atoms with Crippen LogP contribution in [-0.2, 0) is 0 Å². The maximum atomic E-state index is 13.6. The number of carbonyl (C=O) groups is 1. The van der Waals surface area contributed by atoms with Crippen molar-refractivity contribution in [2.45, 2.75) is 31.6 Å². The summed E-state index contributed by atoms with van der Waals surface area (Å²) >= 11 is 0. The molecule has 1 aromatic heterocycles. The Hall–Kier alpha value is -3.50. The second-order valence-electron chi connectivity index (χ2n) is 8.80. The summed E-state index contributed by atoms with van der Waals surface area (Å²) in [5.74, 6) is 1.14. The number of carbonyl (C=O) groups excluding carboxylic acids is 1. The Morgan fingerprint density at radius 3 is 2.68 bits per heavy atom. The van der Waals surface area contributed by atoms with Crippen molar-refractivity contribution in [1.29, 1.82) is 0 Å². The lowest BCUT2D eigenvalue weighted by Crippen LogP contribution is -2.65. The standard InChI is InChI=1S/C23H25F3N6O2/c1-14-9-16(23(24,25)26)10-21(29-14)31-12-15-5-8-30(13-20(15)31)22(33)18-11-17(34-2)3-4-19(18)32-27-6-7-28-32/h3-4,6-7,9-11,14-15,20,29H,5,8,12-13H2,1-2H3. The summed E-state index contributed by atoms with van der Waals surface area (Å²) in [5.41, 5.74) is 0.299. The molecule has 0 saturated carbocycles. The maximum absolute atomic E-state index is 13.6. The summed E-state index contributed by atoms with van der Waals surface area (Å²) in [6, 6.07) is 4.66. The van der Waals surface area contributed by atoms with Crippen LogP contribution < -0.4 is 10.1 Å². The predicted molar refractivity (Wildman–Crippen MR) is 117 cm³/mol. The number of dihydropyridines is 1. The first-order valence-corrected chi connectivity index (χ1v) is 11.1. The Labute approximate surface area is 194 Å². The number of amides is 1. The zero-order valence-electron chi connectivity index (χ0n) is 18.8. The smallest absolute Gasteiger partial charge is 0.416 e. The van der Waals surface area contributed by atoms with Gasteiger partial charge in [-0.1, -0.05) is 6.08 Å². The minimum atomic E-state index is -4.40. The van der Waals surface area contributed by atoms with Crippen molar-refractivity contribution in [2.24, 2.45) is 5.92 Å². The van der Waals surface area contributed by atoms with E-state index in [9.17, 15) is 18.0 Å². The van der Waals surface area contributed by atoms with Crippen LogP contribution in [0.15, 0.2) is 54.1 Å². The van der Waals surface area contributed by atoms with Gasteiger partial charge in [-0.25, -0.2) is 0 Å². The normalized spacial score (nSPS) is 24.4. The molecule has 3 aliphatic rings. The number of benzene rings is 1. The van der Waals surface area contributed by atoms with Crippen LogP contribution in [0.25, 0.3) is 5.69 Å². The fourth-order valence-corrected chi connectivity index (χ4v) is 4.88. The third-order valence-electron chi connectivity index (χ3n) is 6.64. The van der Waals surface area contributed by atoms with Gasteiger partial charge in [0.05, 0.1) is 42.4 Å². The lowest BCUT2D eigenvalue weighted by Gasteiger charge is -2.55. The first kappa shape index (κ1) is 22.3. The number of nitrogens with one attached hydrogen (secondary N) is 1. The fourth-order valence-electron chi connectivity index (χ4n) is 4.88. The number of fused-ring (bicyclic) bond motifs is 1. The van der Waals surface area contributed by atoms with E-state index in [4.69, 9.17) is 4.74 Å². The number of aromatic nitrogens is 3. The number of nitrogens with zero attached hydrogens (tertiary/aromatic N) is 5. The molecule has 1 N–H and O–H groups in total. The van der Waals surface area contributed by atoms with Gasteiger partial charge in [-0.2, -0.15) is 28.2 Å². The number of hydrogen-bond donors (Lipinski definition) is 1. The van der Waals surface area contributed by atoms with E-state index < -0.39 is 17.8 Å². The van der Waals surface area contributed by atoms with Gasteiger partial charge < -0.3 is 19.9 Å². The molecule has 180 valence electrons. The quantitative estimate of drug-likeness (QED) is 0.735. The second-order valence-corrected chi connectivity index (χ2v) is 8.80. The maximum Gasteiger partial charge on any atom is 0.416 e. The molecule has 1 aromatic carbocycles. The van der Waals surface area contributed by atoms with Crippen molar-refractivity contribution >= 4 is 5.91 Å². The molecule has 3 aliphatic heterocycles.